The topological polar surface area (TPSA) is 3.24 Å². The molecule has 1 aromatic rings. The Morgan fingerprint density at radius 1 is 0.938 bits per heavy atom. The third-order valence-electron chi connectivity index (χ3n) is 3.99. The Labute approximate surface area is 98.5 Å². The second-order valence-electron chi connectivity index (χ2n) is 5.29. The molecule has 0 bridgehead atoms. The van der Waals surface area contributed by atoms with Gasteiger partial charge >= 0.3 is 0 Å². The third kappa shape index (κ3) is 2.15. The summed E-state index contributed by atoms with van der Waals surface area (Å²) in [4.78, 5) is 2.73. The highest BCUT2D eigenvalue weighted by molar-refractivity contribution is 5.21. The van der Waals surface area contributed by atoms with Crippen molar-refractivity contribution in [2.45, 2.75) is 38.1 Å². The highest BCUT2D eigenvalue weighted by Crippen LogP contribution is 2.45. The average Bonchev–Trinajstić information content (AvgIpc) is 3.17. The van der Waals surface area contributed by atoms with Crippen molar-refractivity contribution in [3.05, 3.63) is 35.9 Å². The first-order valence-electron chi connectivity index (χ1n) is 6.74. The van der Waals surface area contributed by atoms with Crippen molar-refractivity contribution in [3.63, 3.8) is 0 Å². The molecule has 1 aromatic carbocycles. The molecule has 1 aliphatic heterocycles. The van der Waals surface area contributed by atoms with Crippen molar-refractivity contribution < 1.29 is 0 Å². The Morgan fingerprint density at radius 3 is 2.25 bits per heavy atom. The van der Waals surface area contributed by atoms with Crippen LogP contribution in [0.5, 0.6) is 0 Å². The molecule has 1 heterocycles. The molecule has 1 nitrogen and oxygen atoms in total. The van der Waals surface area contributed by atoms with E-state index >= 15 is 0 Å². The number of likely N-dealkylation sites (tertiary alicyclic amines) is 1. The van der Waals surface area contributed by atoms with Crippen LogP contribution in [0.1, 0.15) is 43.7 Å². The molecule has 0 aromatic heterocycles. The average molecular weight is 215 g/mol. The Bertz CT molecular complexity index is 323. The van der Waals surface area contributed by atoms with Crippen molar-refractivity contribution in [2.75, 3.05) is 13.1 Å². The normalized spacial score (nSPS) is 24.2. The maximum absolute atomic E-state index is 2.73. The van der Waals surface area contributed by atoms with E-state index in [2.05, 4.69) is 35.2 Å². The van der Waals surface area contributed by atoms with E-state index < -0.39 is 0 Å². The molecule has 2 aliphatic rings. The Morgan fingerprint density at radius 2 is 1.62 bits per heavy atom. The molecule has 3 rings (SSSR count). The molecule has 2 fully saturated rings. The predicted octanol–water partition coefficient (Wildman–Crippen LogP) is 3.62. The van der Waals surface area contributed by atoms with Gasteiger partial charge in [-0.2, -0.15) is 0 Å². The number of nitrogens with zero attached hydrogens (tertiary/aromatic N) is 1. The summed E-state index contributed by atoms with van der Waals surface area (Å²) in [6.07, 6.45) is 7.11. The first kappa shape index (κ1) is 10.3. The fourth-order valence-corrected chi connectivity index (χ4v) is 3.04. The third-order valence-corrected chi connectivity index (χ3v) is 3.99. The summed E-state index contributed by atoms with van der Waals surface area (Å²) >= 11 is 0. The summed E-state index contributed by atoms with van der Waals surface area (Å²) in [5, 5.41) is 0. The van der Waals surface area contributed by atoms with Crippen LogP contribution >= 0.6 is 0 Å². The van der Waals surface area contributed by atoms with Gasteiger partial charge in [0.25, 0.3) is 0 Å². The van der Waals surface area contributed by atoms with Crippen molar-refractivity contribution in [1.82, 2.24) is 4.90 Å². The maximum atomic E-state index is 2.73. The largest absolute Gasteiger partial charge is 0.296 e. The zero-order valence-corrected chi connectivity index (χ0v) is 9.94. The van der Waals surface area contributed by atoms with E-state index in [1.807, 2.05) is 0 Å². The minimum atomic E-state index is 0.724. The number of piperidine rings is 1. The van der Waals surface area contributed by atoms with Crippen molar-refractivity contribution in [3.8, 4) is 0 Å². The van der Waals surface area contributed by atoms with E-state index in [1.54, 1.807) is 5.56 Å². The standard InChI is InChI=1S/C15H21N/c1-3-7-13(8-4-1)15(14-9-10-14)16-11-5-2-6-12-16/h1,3-4,7-8,14-15H,2,5-6,9-12H2. The molecule has 1 aliphatic carbocycles. The molecule has 1 heteroatoms. The summed E-state index contributed by atoms with van der Waals surface area (Å²) < 4.78 is 0. The van der Waals surface area contributed by atoms with Crippen molar-refractivity contribution >= 4 is 0 Å². The molecular formula is C15H21N. The van der Waals surface area contributed by atoms with Crippen LogP contribution in [0.3, 0.4) is 0 Å². The lowest BCUT2D eigenvalue weighted by Gasteiger charge is -2.35. The van der Waals surface area contributed by atoms with Crippen LogP contribution in [0.25, 0.3) is 0 Å². The zero-order valence-electron chi connectivity index (χ0n) is 9.94. The second-order valence-corrected chi connectivity index (χ2v) is 5.29. The van der Waals surface area contributed by atoms with E-state index in [4.69, 9.17) is 0 Å². The number of hydrogen-bond acceptors (Lipinski definition) is 1. The first-order valence-corrected chi connectivity index (χ1v) is 6.74. The van der Waals surface area contributed by atoms with E-state index in [0.717, 1.165) is 12.0 Å². The second kappa shape index (κ2) is 4.58. The van der Waals surface area contributed by atoms with Crippen LogP contribution in [0, 0.1) is 5.92 Å². The molecule has 16 heavy (non-hydrogen) atoms. The number of benzene rings is 1. The Hall–Kier alpha value is -0.820. The smallest absolute Gasteiger partial charge is 0.0376 e. The predicted molar refractivity (Wildman–Crippen MR) is 67.3 cm³/mol. The Balaban J connectivity index is 1.80. The summed E-state index contributed by atoms with van der Waals surface area (Å²) in [6, 6.07) is 11.9. The van der Waals surface area contributed by atoms with E-state index in [-0.39, 0.29) is 0 Å². The molecular weight excluding hydrogens is 194 g/mol. The van der Waals surface area contributed by atoms with Gasteiger partial charge in [0.05, 0.1) is 0 Å². The lowest BCUT2D eigenvalue weighted by molar-refractivity contribution is 0.146. The van der Waals surface area contributed by atoms with Crippen LogP contribution < -0.4 is 0 Å². The van der Waals surface area contributed by atoms with Gasteiger partial charge in [0, 0.05) is 6.04 Å². The fourth-order valence-electron chi connectivity index (χ4n) is 3.04. The highest BCUT2D eigenvalue weighted by atomic mass is 15.2. The van der Waals surface area contributed by atoms with E-state index in [0.29, 0.717) is 0 Å². The lowest BCUT2D eigenvalue weighted by Crippen LogP contribution is -2.34. The van der Waals surface area contributed by atoms with Crippen LogP contribution in [0.4, 0.5) is 0 Å². The Kier molecular flexibility index (Phi) is 2.96. The minimum Gasteiger partial charge on any atom is -0.296 e. The van der Waals surface area contributed by atoms with Crippen LogP contribution in [0.15, 0.2) is 30.3 Å². The van der Waals surface area contributed by atoms with Gasteiger partial charge in [-0.1, -0.05) is 36.8 Å². The van der Waals surface area contributed by atoms with Crippen LogP contribution in [-0.4, -0.2) is 18.0 Å². The molecule has 0 radical (unpaired) electrons. The first-order chi connectivity index (χ1) is 7.95. The number of hydrogen-bond donors (Lipinski definition) is 0. The quantitative estimate of drug-likeness (QED) is 0.744. The molecule has 86 valence electrons. The maximum Gasteiger partial charge on any atom is 0.0376 e. The summed E-state index contributed by atoms with van der Waals surface area (Å²) in [6.45, 7) is 2.63. The van der Waals surface area contributed by atoms with Gasteiger partial charge in [-0.25, -0.2) is 0 Å². The molecule has 0 spiro atoms. The molecule has 0 N–H and O–H groups in total. The van der Waals surface area contributed by atoms with Gasteiger partial charge in [0.15, 0.2) is 0 Å². The summed E-state index contributed by atoms with van der Waals surface area (Å²) in [5.41, 5.74) is 1.55. The van der Waals surface area contributed by atoms with E-state index in [1.165, 1.54) is 45.2 Å². The van der Waals surface area contributed by atoms with Crippen LogP contribution in [0.2, 0.25) is 0 Å². The molecule has 1 unspecified atom stereocenters. The van der Waals surface area contributed by atoms with Crippen LogP contribution in [-0.2, 0) is 0 Å². The molecule has 1 saturated carbocycles. The monoisotopic (exact) mass is 215 g/mol. The van der Waals surface area contributed by atoms with Gasteiger partial charge in [-0.3, -0.25) is 4.90 Å². The van der Waals surface area contributed by atoms with Gasteiger partial charge < -0.3 is 0 Å². The van der Waals surface area contributed by atoms with Gasteiger partial charge in [-0.15, -0.1) is 0 Å². The number of rotatable bonds is 3. The molecule has 1 saturated heterocycles. The van der Waals surface area contributed by atoms with Crippen molar-refractivity contribution in [2.24, 2.45) is 5.92 Å². The lowest BCUT2D eigenvalue weighted by atomic mass is 9.98. The van der Waals surface area contributed by atoms with E-state index in [9.17, 15) is 0 Å². The fraction of sp³-hybridized carbons (Fsp3) is 0.600. The van der Waals surface area contributed by atoms with Crippen molar-refractivity contribution in [1.29, 1.82) is 0 Å². The molecule has 1 atom stereocenters. The van der Waals surface area contributed by atoms with Gasteiger partial charge in [0.1, 0.15) is 0 Å². The highest BCUT2D eigenvalue weighted by Gasteiger charge is 2.36. The van der Waals surface area contributed by atoms with Gasteiger partial charge in [-0.05, 0) is 50.3 Å². The molecule has 0 amide bonds. The summed E-state index contributed by atoms with van der Waals surface area (Å²) in [5.74, 6) is 0.945. The zero-order chi connectivity index (χ0) is 10.8. The minimum absolute atomic E-state index is 0.724. The SMILES string of the molecule is c1ccc(C(C2CC2)N2CCCCC2)cc1. The van der Waals surface area contributed by atoms with Gasteiger partial charge in [0.2, 0.25) is 0 Å². The summed E-state index contributed by atoms with van der Waals surface area (Å²) in [7, 11) is 0.